The van der Waals surface area contributed by atoms with Gasteiger partial charge in [0, 0.05) is 0 Å². The molecule has 72 valence electrons. The van der Waals surface area contributed by atoms with E-state index in [9.17, 15) is 0 Å². The van der Waals surface area contributed by atoms with E-state index in [1.165, 1.54) is 5.56 Å². The van der Waals surface area contributed by atoms with Crippen LogP contribution in [-0.2, 0) is 11.3 Å². The predicted molar refractivity (Wildman–Crippen MR) is 60.8 cm³/mol. The minimum atomic E-state index is 0.337. The van der Waals surface area contributed by atoms with E-state index in [0.717, 1.165) is 5.32 Å². The average molecular weight is 261 g/mol. The summed E-state index contributed by atoms with van der Waals surface area (Å²) in [5, 5.41) is 1.33. The summed E-state index contributed by atoms with van der Waals surface area (Å²) in [5.74, 6) is 0. The number of hydrogen-bond donors (Lipinski definition) is 1. The second-order valence-corrected chi connectivity index (χ2v) is 4.33. The van der Waals surface area contributed by atoms with Crippen LogP contribution < -0.4 is 0 Å². The number of hydrogen-bond acceptors (Lipinski definition) is 2. The van der Waals surface area contributed by atoms with Crippen LogP contribution in [0.15, 0.2) is 30.3 Å². The summed E-state index contributed by atoms with van der Waals surface area (Å²) in [5.41, 5.74) is 1.22. The monoisotopic (exact) mass is 262 g/mol. The molecule has 0 N–H and O–H groups in total. The molecule has 1 atom stereocenters. The van der Waals surface area contributed by atoms with Crippen LogP contribution in [0.5, 0.6) is 0 Å². The van der Waals surface area contributed by atoms with Gasteiger partial charge >= 0.3 is 93.1 Å². The van der Waals surface area contributed by atoms with Crippen molar-refractivity contribution in [1.82, 2.24) is 0 Å². The molecule has 1 aromatic carbocycles. The van der Waals surface area contributed by atoms with Crippen LogP contribution in [0.25, 0.3) is 0 Å². The Balaban J connectivity index is 2.20. The molecule has 1 rings (SSSR count). The summed E-state index contributed by atoms with van der Waals surface area (Å²) < 4.78 is 5.49. The molecule has 0 aromatic heterocycles. The van der Waals surface area contributed by atoms with Crippen LogP contribution in [-0.4, -0.2) is 27.9 Å². The summed E-state index contributed by atoms with van der Waals surface area (Å²) in [7, 11) is 0. The van der Waals surface area contributed by atoms with E-state index in [1.54, 1.807) is 0 Å². The Hall–Kier alpha value is 0.0495. The molecule has 0 heterocycles. The van der Waals surface area contributed by atoms with E-state index in [2.05, 4.69) is 40.8 Å². The fourth-order valence-electron chi connectivity index (χ4n) is 0.940. The molecule has 0 radical (unpaired) electrons. The molecule has 1 nitrogen and oxygen atoms in total. The maximum atomic E-state index is 5.49. The summed E-state index contributed by atoms with van der Waals surface area (Å²) >= 11 is 6.86. The molecule has 1 aromatic rings. The van der Waals surface area contributed by atoms with Crippen molar-refractivity contribution in [2.24, 2.45) is 0 Å². The number of ether oxygens (including phenoxy) is 1. The Morgan fingerprint density at radius 2 is 2.00 bits per heavy atom. The Labute approximate surface area is 93.1 Å². The molecule has 0 bridgehead atoms. The third-order valence-corrected chi connectivity index (χ3v) is 3.51. The van der Waals surface area contributed by atoms with Crippen LogP contribution in [0.2, 0.25) is 5.32 Å². The second kappa shape index (κ2) is 6.50. The molecule has 0 aliphatic rings. The van der Waals surface area contributed by atoms with Gasteiger partial charge < -0.3 is 0 Å². The van der Waals surface area contributed by atoms with Gasteiger partial charge in [-0.15, -0.1) is 0 Å². The van der Waals surface area contributed by atoms with Crippen molar-refractivity contribution in [3.8, 4) is 0 Å². The van der Waals surface area contributed by atoms with Gasteiger partial charge in [0.15, 0.2) is 0 Å². The van der Waals surface area contributed by atoms with Crippen LogP contribution in [0.3, 0.4) is 0 Å². The molecule has 3 heteroatoms. The van der Waals surface area contributed by atoms with E-state index >= 15 is 0 Å². The van der Waals surface area contributed by atoms with Gasteiger partial charge in [-0.25, -0.2) is 0 Å². The molecule has 0 aliphatic heterocycles. The van der Waals surface area contributed by atoms with Crippen LogP contribution in [0.4, 0.5) is 0 Å². The van der Waals surface area contributed by atoms with Gasteiger partial charge in [0.25, 0.3) is 0 Å². The van der Waals surface area contributed by atoms with Crippen molar-refractivity contribution in [3.05, 3.63) is 35.9 Å². The van der Waals surface area contributed by atoms with Crippen LogP contribution in [0.1, 0.15) is 5.56 Å². The van der Waals surface area contributed by atoms with Crippen molar-refractivity contribution in [2.45, 2.75) is 17.2 Å². The summed E-state index contributed by atoms with van der Waals surface area (Å²) in [6, 6.07) is 10.2. The molecule has 0 amide bonds. The molecule has 0 aliphatic carbocycles. The SMILES string of the molecule is SC(C[SeH])COCc1ccccc1. The molecule has 0 spiro atoms. The van der Waals surface area contributed by atoms with Crippen molar-refractivity contribution in [1.29, 1.82) is 0 Å². The standard InChI is InChI=1S/C10H14OSSe/c12-10(8-13)7-11-6-9-4-2-1-3-5-9/h1-5,10,12-13H,6-8H2. The predicted octanol–water partition coefficient (Wildman–Crippen LogP) is 1.82. The molecule has 1 unspecified atom stereocenters. The van der Waals surface area contributed by atoms with Crippen LogP contribution >= 0.6 is 12.6 Å². The van der Waals surface area contributed by atoms with Gasteiger partial charge in [-0.1, -0.05) is 0 Å². The van der Waals surface area contributed by atoms with Crippen molar-refractivity contribution in [2.75, 3.05) is 6.61 Å². The molecule has 13 heavy (non-hydrogen) atoms. The van der Waals surface area contributed by atoms with Crippen molar-refractivity contribution < 1.29 is 4.74 Å². The number of benzene rings is 1. The Morgan fingerprint density at radius 3 is 2.62 bits per heavy atom. The Bertz CT molecular complexity index is 228. The summed E-state index contributed by atoms with van der Waals surface area (Å²) in [6.07, 6.45) is 0. The fourth-order valence-corrected chi connectivity index (χ4v) is 1.27. The first-order valence-corrected chi connectivity index (χ1v) is 6.08. The Kier molecular flexibility index (Phi) is 5.56. The first kappa shape index (κ1) is 11.1. The summed E-state index contributed by atoms with van der Waals surface area (Å²) in [4.78, 5) is 0. The third-order valence-electron chi connectivity index (χ3n) is 1.63. The quantitative estimate of drug-likeness (QED) is 0.628. The third kappa shape index (κ3) is 4.72. The first-order valence-electron chi connectivity index (χ1n) is 4.23. The van der Waals surface area contributed by atoms with E-state index < -0.39 is 0 Å². The van der Waals surface area contributed by atoms with Crippen LogP contribution in [0, 0.1) is 0 Å². The fraction of sp³-hybridized carbons (Fsp3) is 0.400. The summed E-state index contributed by atoms with van der Waals surface area (Å²) in [6.45, 7) is 1.40. The van der Waals surface area contributed by atoms with Crippen molar-refractivity contribution in [3.63, 3.8) is 0 Å². The first-order chi connectivity index (χ1) is 6.33. The maximum absolute atomic E-state index is 5.49. The minimum absolute atomic E-state index is 0.337. The molecule has 0 saturated heterocycles. The molecular formula is C10H14OSSe. The molecule has 0 fully saturated rings. The van der Waals surface area contributed by atoms with E-state index in [-0.39, 0.29) is 0 Å². The topological polar surface area (TPSA) is 9.23 Å². The Morgan fingerprint density at radius 1 is 1.31 bits per heavy atom. The average Bonchev–Trinajstić information content (AvgIpc) is 2.19. The normalized spacial score (nSPS) is 12.8. The second-order valence-electron chi connectivity index (χ2n) is 2.84. The zero-order valence-electron chi connectivity index (χ0n) is 7.39. The number of rotatable bonds is 5. The number of thiol groups is 1. The molecular weight excluding hydrogens is 247 g/mol. The van der Waals surface area contributed by atoms with Gasteiger partial charge in [-0.3, -0.25) is 0 Å². The van der Waals surface area contributed by atoms with Gasteiger partial charge in [-0.05, 0) is 0 Å². The van der Waals surface area contributed by atoms with Crippen molar-refractivity contribution >= 4 is 28.6 Å². The zero-order chi connectivity index (χ0) is 9.52. The molecule has 0 saturated carbocycles. The van der Waals surface area contributed by atoms with E-state index in [4.69, 9.17) is 4.74 Å². The van der Waals surface area contributed by atoms with Gasteiger partial charge in [0.2, 0.25) is 0 Å². The van der Waals surface area contributed by atoms with Gasteiger partial charge in [0.05, 0.1) is 0 Å². The van der Waals surface area contributed by atoms with Gasteiger partial charge in [0.1, 0.15) is 0 Å². The van der Waals surface area contributed by atoms with Gasteiger partial charge in [-0.2, -0.15) is 0 Å². The van der Waals surface area contributed by atoms with E-state index in [0.29, 0.717) is 18.5 Å². The zero-order valence-corrected chi connectivity index (χ0v) is 10.2. The van der Waals surface area contributed by atoms with E-state index in [1.807, 2.05) is 18.2 Å².